The number of rotatable bonds is 4. The fraction of sp³-hybridized carbons (Fsp3) is 0.400. The molecule has 1 aromatic rings. The van der Waals surface area contributed by atoms with Crippen molar-refractivity contribution in [1.29, 1.82) is 0 Å². The van der Waals surface area contributed by atoms with Crippen molar-refractivity contribution in [3.63, 3.8) is 0 Å². The van der Waals surface area contributed by atoms with Crippen LogP contribution in [0.4, 0.5) is 5.69 Å². The predicted molar refractivity (Wildman–Crippen MR) is 61.0 cm³/mol. The summed E-state index contributed by atoms with van der Waals surface area (Å²) in [6.45, 7) is 4.24. The van der Waals surface area contributed by atoms with E-state index in [1.807, 2.05) is 13.8 Å². The number of anilines is 1. The van der Waals surface area contributed by atoms with Gasteiger partial charge in [0.25, 0.3) is 10.1 Å². The lowest BCUT2D eigenvalue weighted by Crippen LogP contribution is -2.09. The largest absolute Gasteiger partial charge is 0.492 e. The standard InChI is InChI=1S/C10H15NO4S/c1-7(2)6-15-9-4-3-8(11)5-10(9)16(12,13)14/h3-5,7H,6,11H2,1-2H3,(H,12,13,14). The number of nitrogen functional groups attached to an aromatic ring is 1. The average molecular weight is 245 g/mol. The van der Waals surface area contributed by atoms with E-state index >= 15 is 0 Å². The van der Waals surface area contributed by atoms with E-state index in [4.69, 9.17) is 15.0 Å². The maximum Gasteiger partial charge on any atom is 0.298 e. The molecule has 1 rings (SSSR count). The molecule has 0 radical (unpaired) electrons. The van der Waals surface area contributed by atoms with Crippen molar-refractivity contribution in [2.24, 2.45) is 5.92 Å². The van der Waals surface area contributed by atoms with E-state index in [9.17, 15) is 8.42 Å². The van der Waals surface area contributed by atoms with Crippen LogP contribution < -0.4 is 10.5 Å². The summed E-state index contributed by atoms with van der Waals surface area (Å²) in [6.07, 6.45) is 0. The molecule has 0 spiro atoms. The quantitative estimate of drug-likeness (QED) is 0.620. The smallest absolute Gasteiger partial charge is 0.298 e. The fourth-order valence-corrected chi connectivity index (χ4v) is 1.77. The first-order valence-corrected chi connectivity index (χ1v) is 6.24. The highest BCUT2D eigenvalue weighted by Crippen LogP contribution is 2.26. The van der Waals surface area contributed by atoms with Crippen LogP contribution in [-0.2, 0) is 10.1 Å². The Morgan fingerprint density at radius 2 is 2.06 bits per heavy atom. The summed E-state index contributed by atoms with van der Waals surface area (Å²) in [5, 5.41) is 0. The summed E-state index contributed by atoms with van der Waals surface area (Å²) in [6, 6.07) is 4.12. The predicted octanol–water partition coefficient (Wildman–Crippen LogP) is 1.55. The Kier molecular flexibility index (Phi) is 3.77. The zero-order chi connectivity index (χ0) is 12.3. The molecule has 0 saturated heterocycles. The average Bonchev–Trinajstić information content (AvgIpc) is 2.14. The number of hydrogen-bond donors (Lipinski definition) is 2. The molecule has 0 saturated carbocycles. The van der Waals surface area contributed by atoms with Gasteiger partial charge in [0, 0.05) is 5.69 Å². The minimum atomic E-state index is -4.31. The van der Waals surface area contributed by atoms with Crippen LogP contribution in [0.5, 0.6) is 5.75 Å². The van der Waals surface area contributed by atoms with E-state index in [0.29, 0.717) is 6.61 Å². The molecule has 0 aliphatic heterocycles. The molecule has 0 heterocycles. The monoisotopic (exact) mass is 245 g/mol. The SMILES string of the molecule is CC(C)COc1ccc(N)cc1S(=O)(=O)O. The van der Waals surface area contributed by atoms with E-state index in [-0.39, 0.29) is 22.3 Å². The third-order valence-corrected chi connectivity index (χ3v) is 2.69. The Morgan fingerprint density at radius 1 is 1.44 bits per heavy atom. The minimum Gasteiger partial charge on any atom is -0.492 e. The van der Waals surface area contributed by atoms with Gasteiger partial charge in [0.1, 0.15) is 10.6 Å². The molecule has 0 aliphatic carbocycles. The van der Waals surface area contributed by atoms with E-state index in [2.05, 4.69) is 0 Å². The van der Waals surface area contributed by atoms with Crippen molar-refractivity contribution in [3.8, 4) is 5.75 Å². The van der Waals surface area contributed by atoms with Crippen molar-refractivity contribution in [3.05, 3.63) is 18.2 Å². The van der Waals surface area contributed by atoms with Crippen molar-refractivity contribution in [1.82, 2.24) is 0 Å². The van der Waals surface area contributed by atoms with Crippen LogP contribution in [0.25, 0.3) is 0 Å². The van der Waals surface area contributed by atoms with E-state index < -0.39 is 10.1 Å². The van der Waals surface area contributed by atoms with Crippen LogP contribution in [0.15, 0.2) is 23.1 Å². The first-order chi connectivity index (χ1) is 7.30. The molecule has 90 valence electrons. The van der Waals surface area contributed by atoms with Gasteiger partial charge in [-0.15, -0.1) is 0 Å². The maximum absolute atomic E-state index is 11.1. The van der Waals surface area contributed by atoms with E-state index in [1.54, 1.807) is 0 Å². The molecule has 0 bridgehead atoms. The number of hydrogen-bond acceptors (Lipinski definition) is 4. The summed E-state index contributed by atoms with van der Waals surface area (Å²) < 4.78 is 36.4. The first kappa shape index (κ1) is 12.8. The van der Waals surface area contributed by atoms with Crippen LogP contribution in [0.2, 0.25) is 0 Å². The summed E-state index contributed by atoms with van der Waals surface area (Å²) in [5.41, 5.74) is 5.70. The fourth-order valence-electron chi connectivity index (χ4n) is 1.10. The lowest BCUT2D eigenvalue weighted by atomic mass is 10.2. The van der Waals surface area contributed by atoms with Crippen LogP contribution in [0.3, 0.4) is 0 Å². The Balaban J connectivity index is 3.09. The number of nitrogens with two attached hydrogens (primary N) is 1. The van der Waals surface area contributed by atoms with Gasteiger partial charge in [-0.05, 0) is 24.1 Å². The van der Waals surface area contributed by atoms with E-state index in [1.165, 1.54) is 18.2 Å². The molecule has 0 unspecified atom stereocenters. The Bertz CT molecular complexity index is 468. The molecule has 3 N–H and O–H groups in total. The van der Waals surface area contributed by atoms with Crippen molar-refractivity contribution in [2.45, 2.75) is 18.7 Å². The number of ether oxygens (including phenoxy) is 1. The topological polar surface area (TPSA) is 89.6 Å². The van der Waals surface area contributed by atoms with Gasteiger partial charge in [-0.1, -0.05) is 13.8 Å². The molecular formula is C10H15NO4S. The molecule has 0 aliphatic rings. The summed E-state index contributed by atoms with van der Waals surface area (Å²) >= 11 is 0. The van der Waals surface area contributed by atoms with Crippen molar-refractivity contribution < 1.29 is 17.7 Å². The molecule has 6 heteroatoms. The Morgan fingerprint density at radius 3 is 2.56 bits per heavy atom. The van der Waals surface area contributed by atoms with Gasteiger partial charge in [-0.25, -0.2) is 0 Å². The summed E-state index contributed by atoms with van der Waals surface area (Å²) in [7, 11) is -4.31. The molecule has 16 heavy (non-hydrogen) atoms. The highest BCUT2D eigenvalue weighted by molar-refractivity contribution is 7.86. The van der Waals surface area contributed by atoms with E-state index in [0.717, 1.165) is 0 Å². The highest BCUT2D eigenvalue weighted by atomic mass is 32.2. The lowest BCUT2D eigenvalue weighted by molar-refractivity contribution is 0.264. The second-order valence-corrected chi connectivity index (χ2v) is 5.28. The molecule has 1 aromatic carbocycles. The van der Waals surface area contributed by atoms with Gasteiger partial charge < -0.3 is 10.5 Å². The molecule has 0 aromatic heterocycles. The normalized spacial score (nSPS) is 11.8. The molecular weight excluding hydrogens is 230 g/mol. The third-order valence-electron chi connectivity index (χ3n) is 1.82. The number of benzene rings is 1. The second kappa shape index (κ2) is 4.71. The third kappa shape index (κ3) is 3.39. The van der Waals surface area contributed by atoms with Gasteiger partial charge in [0.2, 0.25) is 0 Å². The van der Waals surface area contributed by atoms with Crippen LogP contribution in [0.1, 0.15) is 13.8 Å². The molecule has 0 fully saturated rings. The Hall–Kier alpha value is -1.27. The zero-order valence-electron chi connectivity index (χ0n) is 9.17. The second-order valence-electron chi connectivity index (χ2n) is 3.89. The van der Waals surface area contributed by atoms with Gasteiger partial charge >= 0.3 is 0 Å². The molecule has 0 atom stereocenters. The Labute approximate surface area is 95.0 Å². The molecule has 5 nitrogen and oxygen atoms in total. The minimum absolute atomic E-state index is 0.116. The van der Waals surface area contributed by atoms with Crippen LogP contribution >= 0.6 is 0 Å². The highest BCUT2D eigenvalue weighted by Gasteiger charge is 2.17. The van der Waals surface area contributed by atoms with Gasteiger partial charge in [0.05, 0.1) is 6.61 Å². The van der Waals surface area contributed by atoms with Gasteiger partial charge in [-0.2, -0.15) is 8.42 Å². The van der Waals surface area contributed by atoms with Crippen LogP contribution in [0, 0.1) is 5.92 Å². The summed E-state index contributed by atoms with van der Waals surface area (Å²) in [4.78, 5) is -0.298. The first-order valence-electron chi connectivity index (χ1n) is 4.80. The van der Waals surface area contributed by atoms with Gasteiger partial charge in [0.15, 0.2) is 0 Å². The lowest BCUT2D eigenvalue weighted by Gasteiger charge is -2.11. The van der Waals surface area contributed by atoms with Gasteiger partial charge in [-0.3, -0.25) is 4.55 Å². The zero-order valence-corrected chi connectivity index (χ0v) is 9.99. The summed E-state index contributed by atoms with van der Waals surface area (Å²) in [5.74, 6) is 0.372. The molecule has 0 amide bonds. The maximum atomic E-state index is 11.1. The van der Waals surface area contributed by atoms with Crippen LogP contribution in [-0.4, -0.2) is 19.6 Å². The van der Waals surface area contributed by atoms with Crippen molar-refractivity contribution in [2.75, 3.05) is 12.3 Å². The van der Waals surface area contributed by atoms with Crippen molar-refractivity contribution >= 4 is 15.8 Å².